The molecule has 0 bridgehead atoms. The number of ether oxygens (including phenoxy) is 1. The SMILES string of the molecule is CN=C(NCc1cccc(N2CC=CC2)c1)NCc1ccccc1CN1CCOCC1.I. The van der Waals surface area contributed by atoms with Crippen LogP contribution < -0.4 is 15.5 Å². The van der Waals surface area contributed by atoms with Crippen LogP contribution in [0.25, 0.3) is 0 Å². The zero-order valence-corrected chi connectivity index (χ0v) is 21.1. The lowest BCUT2D eigenvalue weighted by molar-refractivity contribution is 0.0341. The average molecular weight is 547 g/mol. The monoisotopic (exact) mass is 547 g/mol. The summed E-state index contributed by atoms with van der Waals surface area (Å²) in [5.41, 5.74) is 5.18. The van der Waals surface area contributed by atoms with Gasteiger partial charge in [0.15, 0.2) is 5.96 Å². The van der Waals surface area contributed by atoms with Crippen molar-refractivity contribution < 1.29 is 4.74 Å². The maximum absolute atomic E-state index is 5.48. The highest BCUT2D eigenvalue weighted by Gasteiger charge is 2.13. The number of halogens is 1. The Hall–Kier alpha value is -2.10. The van der Waals surface area contributed by atoms with E-state index in [0.717, 1.165) is 65.0 Å². The number of rotatable bonds is 7. The number of morpholine rings is 1. The molecule has 2 aromatic carbocycles. The average Bonchev–Trinajstić information content (AvgIpc) is 3.36. The Kier molecular flexibility index (Phi) is 9.83. The summed E-state index contributed by atoms with van der Waals surface area (Å²) in [4.78, 5) is 9.23. The second kappa shape index (κ2) is 12.8. The standard InChI is InChI=1S/C25H33N5O.HI/c1-26-25(27-18-21-7-6-10-24(17-21)30-11-4-5-12-30)28-19-22-8-2-3-9-23(22)20-29-13-15-31-16-14-29;/h2-10,17H,11-16,18-20H2,1H3,(H2,26,27,28);1H. The van der Waals surface area contributed by atoms with Crippen molar-refractivity contribution in [2.45, 2.75) is 19.6 Å². The Morgan fingerprint density at radius 1 is 0.938 bits per heavy atom. The van der Waals surface area contributed by atoms with E-state index in [4.69, 9.17) is 4.74 Å². The number of aliphatic imine (C=N–C) groups is 1. The van der Waals surface area contributed by atoms with Gasteiger partial charge in [0.1, 0.15) is 0 Å². The molecule has 172 valence electrons. The Morgan fingerprint density at radius 2 is 1.66 bits per heavy atom. The molecule has 7 heteroatoms. The molecule has 0 spiro atoms. The van der Waals surface area contributed by atoms with Crippen LogP contribution in [0.5, 0.6) is 0 Å². The van der Waals surface area contributed by atoms with Gasteiger partial charge in [-0.1, -0.05) is 48.6 Å². The first kappa shape index (κ1) is 24.5. The van der Waals surface area contributed by atoms with Crippen LogP contribution in [0.1, 0.15) is 16.7 Å². The molecule has 0 unspecified atom stereocenters. The summed E-state index contributed by atoms with van der Waals surface area (Å²) in [6.45, 7) is 8.08. The van der Waals surface area contributed by atoms with Gasteiger partial charge in [-0.3, -0.25) is 9.89 Å². The Balaban J connectivity index is 0.00000289. The molecule has 0 saturated carbocycles. The number of hydrogen-bond acceptors (Lipinski definition) is 4. The predicted octanol–water partition coefficient (Wildman–Crippen LogP) is 3.38. The van der Waals surface area contributed by atoms with Crippen molar-refractivity contribution in [2.75, 3.05) is 51.3 Å². The first-order chi connectivity index (χ1) is 15.3. The van der Waals surface area contributed by atoms with E-state index in [-0.39, 0.29) is 24.0 Å². The minimum absolute atomic E-state index is 0. The van der Waals surface area contributed by atoms with Gasteiger partial charge in [0.05, 0.1) is 13.2 Å². The van der Waals surface area contributed by atoms with Crippen LogP contribution in [0, 0.1) is 0 Å². The van der Waals surface area contributed by atoms with E-state index in [1.54, 1.807) is 0 Å². The summed E-state index contributed by atoms with van der Waals surface area (Å²) in [6.07, 6.45) is 4.43. The zero-order valence-electron chi connectivity index (χ0n) is 18.8. The van der Waals surface area contributed by atoms with Crippen LogP contribution in [-0.2, 0) is 24.4 Å². The van der Waals surface area contributed by atoms with Crippen LogP contribution in [0.4, 0.5) is 5.69 Å². The smallest absolute Gasteiger partial charge is 0.191 e. The second-order valence-electron chi connectivity index (χ2n) is 7.98. The van der Waals surface area contributed by atoms with Crippen LogP contribution in [0.3, 0.4) is 0 Å². The molecule has 32 heavy (non-hydrogen) atoms. The van der Waals surface area contributed by atoms with E-state index in [9.17, 15) is 0 Å². The van der Waals surface area contributed by atoms with Crippen molar-refractivity contribution in [3.05, 3.63) is 77.4 Å². The van der Waals surface area contributed by atoms with Gasteiger partial charge in [0, 0.05) is 58.5 Å². The number of nitrogens with zero attached hydrogens (tertiary/aromatic N) is 3. The molecule has 0 aromatic heterocycles. The fourth-order valence-corrected chi connectivity index (χ4v) is 4.02. The fourth-order valence-electron chi connectivity index (χ4n) is 4.02. The molecule has 2 aromatic rings. The summed E-state index contributed by atoms with van der Waals surface area (Å²) in [5, 5.41) is 6.93. The highest BCUT2D eigenvalue weighted by Crippen LogP contribution is 2.18. The lowest BCUT2D eigenvalue weighted by Crippen LogP contribution is -2.37. The molecule has 0 amide bonds. The largest absolute Gasteiger partial charge is 0.379 e. The molecular weight excluding hydrogens is 513 g/mol. The highest BCUT2D eigenvalue weighted by molar-refractivity contribution is 14.0. The van der Waals surface area contributed by atoms with Gasteiger partial charge in [-0.25, -0.2) is 0 Å². The number of benzene rings is 2. The molecule has 2 N–H and O–H groups in total. The Labute approximate surface area is 208 Å². The molecule has 0 radical (unpaired) electrons. The third-order valence-corrected chi connectivity index (χ3v) is 5.84. The number of guanidine groups is 1. The van der Waals surface area contributed by atoms with Crippen molar-refractivity contribution in [2.24, 2.45) is 4.99 Å². The lowest BCUT2D eigenvalue weighted by atomic mass is 10.1. The first-order valence-electron chi connectivity index (χ1n) is 11.1. The van der Waals surface area contributed by atoms with Gasteiger partial charge in [-0.05, 0) is 28.8 Å². The number of hydrogen-bond donors (Lipinski definition) is 2. The molecule has 2 heterocycles. The van der Waals surface area contributed by atoms with E-state index in [1.807, 2.05) is 7.05 Å². The quantitative estimate of drug-likeness (QED) is 0.241. The van der Waals surface area contributed by atoms with E-state index in [2.05, 4.69) is 86.1 Å². The van der Waals surface area contributed by atoms with Gasteiger partial charge < -0.3 is 20.3 Å². The number of nitrogens with one attached hydrogen (secondary N) is 2. The fraction of sp³-hybridized carbons (Fsp3) is 0.400. The van der Waals surface area contributed by atoms with Crippen LogP contribution >= 0.6 is 24.0 Å². The van der Waals surface area contributed by atoms with E-state index in [0.29, 0.717) is 0 Å². The minimum atomic E-state index is 0. The van der Waals surface area contributed by atoms with Crippen molar-refractivity contribution in [1.29, 1.82) is 0 Å². The molecule has 6 nitrogen and oxygen atoms in total. The van der Waals surface area contributed by atoms with Crippen molar-refractivity contribution in [3.8, 4) is 0 Å². The zero-order chi connectivity index (χ0) is 21.3. The van der Waals surface area contributed by atoms with Crippen molar-refractivity contribution >= 4 is 35.6 Å². The maximum atomic E-state index is 5.48. The molecule has 0 atom stereocenters. The molecular formula is C25H34IN5O. The minimum Gasteiger partial charge on any atom is -0.379 e. The topological polar surface area (TPSA) is 52.1 Å². The Bertz CT molecular complexity index is 903. The summed E-state index contributed by atoms with van der Waals surface area (Å²) in [6, 6.07) is 17.4. The second-order valence-corrected chi connectivity index (χ2v) is 7.98. The molecule has 1 fully saturated rings. The van der Waals surface area contributed by atoms with E-state index < -0.39 is 0 Å². The van der Waals surface area contributed by atoms with Crippen molar-refractivity contribution in [3.63, 3.8) is 0 Å². The molecule has 2 aliphatic heterocycles. The first-order valence-corrected chi connectivity index (χ1v) is 11.1. The molecule has 0 aliphatic carbocycles. The summed E-state index contributed by atoms with van der Waals surface area (Å²) < 4.78 is 5.48. The van der Waals surface area contributed by atoms with Gasteiger partial charge in [-0.2, -0.15) is 0 Å². The van der Waals surface area contributed by atoms with Gasteiger partial charge in [-0.15, -0.1) is 24.0 Å². The van der Waals surface area contributed by atoms with Crippen molar-refractivity contribution in [1.82, 2.24) is 15.5 Å². The van der Waals surface area contributed by atoms with Gasteiger partial charge >= 0.3 is 0 Å². The van der Waals surface area contributed by atoms with E-state index in [1.165, 1.54) is 22.4 Å². The summed E-state index contributed by atoms with van der Waals surface area (Å²) in [7, 11) is 1.82. The van der Waals surface area contributed by atoms with E-state index >= 15 is 0 Å². The van der Waals surface area contributed by atoms with Crippen LogP contribution in [0.2, 0.25) is 0 Å². The molecule has 4 rings (SSSR count). The lowest BCUT2D eigenvalue weighted by Gasteiger charge is -2.27. The number of anilines is 1. The molecule has 2 aliphatic rings. The maximum Gasteiger partial charge on any atom is 0.191 e. The Morgan fingerprint density at radius 3 is 2.41 bits per heavy atom. The molecule has 1 saturated heterocycles. The van der Waals surface area contributed by atoms with Crippen LogP contribution in [0.15, 0.2) is 65.7 Å². The summed E-state index contributed by atoms with van der Waals surface area (Å²) >= 11 is 0. The highest BCUT2D eigenvalue weighted by atomic mass is 127. The third-order valence-electron chi connectivity index (χ3n) is 5.84. The van der Waals surface area contributed by atoms with Gasteiger partial charge in [0.25, 0.3) is 0 Å². The third kappa shape index (κ3) is 6.95. The summed E-state index contributed by atoms with van der Waals surface area (Å²) in [5.74, 6) is 0.814. The predicted molar refractivity (Wildman–Crippen MR) is 143 cm³/mol. The normalized spacial score (nSPS) is 16.7. The van der Waals surface area contributed by atoms with Gasteiger partial charge in [0.2, 0.25) is 0 Å². The van der Waals surface area contributed by atoms with Crippen LogP contribution in [-0.4, -0.2) is 57.3 Å².